The van der Waals surface area contributed by atoms with Crippen molar-refractivity contribution >= 4 is 29.4 Å². The third-order valence-electron chi connectivity index (χ3n) is 4.25. The molecule has 0 radical (unpaired) electrons. The number of thioether (sulfide) groups is 1. The first kappa shape index (κ1) is 19.5. The number of nitrogens with one attached hydrogen (secondary N) is 1. The smallest absolute Gasteiger partial charge is 0.339 e. The van der Waals surface area contributed by atoms with Crippen LogP contribution in [0, 0.1) is 5.92 Å². The Kier molecular flexibility index (Phi) is 7.50. The number of Topliss-reactive ketones (excluding diaryl/α,β-unsaturated/α-hetero) is 1. The van der Waals surface area contributed by atoms with Crippen molar-refractivity contribution in [3.05, 3.63) is 29.8 Å². The minimum absolute atomic E-state index is 0.0364. The number of esters is 1. The Bertz CT molecular complexity index is 624. The molecule has 136 valence electrons. The SMILES string of the molecule is CC(=O)CSc1ccccc1C(=O)OCC(=O)NC1CCC(C)CC1. The summed E-state index contributed by atoms with van der Waals surface area (Å²) in [4.78, 5) is 36.1. The number of carbonyl (C=O) groups is 3. The number of rotatable bonds is 7. The highest BCUT2D eigenvalue weighted by molar-refractivity contribution is 8.00. The van der Waals surface area contributed by atoms with E-state index in [1.807, 2.05) is 0 Å². The number of hydrogen-bond acceptors (Lipinski definition) is 5. The summed E-state index contributed by atoms with van der Waals surface area (Å²) in [5.74, 6) is 0.246. The predicted molar refractivity (Wildman–Crippen MR) is 97.7 cm³/mol. The van der Waals surface area contributed by atoms with Crippen LogP contribution < -0.4 is 5.32 Å². The summed E-state index contributed by atoms with van der Waals surface area (Å²) in [7, 11) is 0. The summed E-state index contributed by atoms with van der Waals surface area (Å²) in [6.07, 6.45) is 4.19. The summed E-state index contributed by atoms with van der Waals surface area (Å²) >= 11 is 1.30. The first-order chi connectivity index (χ1) is 12.0. The average Bonchev–Trinajstić information content (AvgIpc) is 2.60. The van der Waals surface area contributed by atoms with Gasteiger partial charge in [-0.3, -0.25) is 9.59 Å². The number of hydrogen-bond donors (Lipinski definition) is 1. The second-order valence-electron chi connectivity index (χ2n) is 6.59. The molecule has 1 amide bonds. The van der Waals surface area contributed by atoms with Crippen molar-refractivity contribution in [1.82, 2.24) is 5.32 Å². The minimum Gasteiger partial charge on any atom is -0.452 e. The molecule has 0 aromatic heterocycles. The second kappa shape index (κ2) is 9.61. The van der Waals surface area contributed by atoms with Gasteiger partial charge in [-0.25, -0.2) is 4.79 Å². The zero-order valence-electron chi connectivity index (χ0n) is 14.7. The molecule has 0 aliphatic heterocycles. The predicted octanol–water partition coefficient (Wildman–Crippen LogP) is 3.22. The van der Waals surface area contributed by atoms with E-state index in [1.165, 1.54) is 18.7 Å². The maximum Gasteiger partial charge on any atom is 0.339 e. The molecule has 1 aliphatic carbocycles. The largest absolute Gasteiger partial charge is 0.452 e. The van der Waals surface area contributed by atoms with Gasteiger partial charge in [0, 0.05) is 10.9 Å². The van der Waals surface area contributed by atoms with Gasteiger partial charge in [0.25, 0.3) is 5.91 Å². The highest BCUT2D eigenvalue weighted by Crippen LogP contribution is 2.24. The van der Waals surface area contributed by atoms with Gasteiger partial charge in [0.2, 0.25) is 0 Å². The topological polar surface area (TPSA) is 72.5 Å². The van der Waals surface area contributed by atoms with E-state index in [9.17, 15) is 14.4 Å². The van der Waals surface area contributed by atoms with Crippen LogP contribution in [0.15, 0.2) is 29.2 Å². The molecular weight excluding hydrogens is 338 g/mol. The van der Waals surface area contributed by atoms with Crippen LogP contribution in [-0.2, 0) is 14.3 Å². The van der Waals surface area contributed by atoms with Crippen molar-refractivity contribution in [3.8, 4) is 0 Å². The zero-order valence-corrected chi connectivity index (χ0v) is 15.6. The second-order valence-corrected chi connectivity index (χ2v) is 7.60. The van der Waals surface area contributed by atoms with E-state index in [4.69, 9.17) is 4.74 Å². The Morgan fingerprint density at radius 3 is 2.52 bits per heavy atom. The normalized spacial score (nSPS) is 19.9. The van der Waals surface area contributed by atoms with Crippen molar-refractivity contribution in [1.29, 1.82) is 0 Å². The molecular formula is C19H25NO4S. The van der Waals surface area contributed by atoms with Crippen molar-refractivity contribution in [2.24, 2.45) is 5.92 Å². The number of ketones is 1. The van der Waals surface area contributed by atoms with E-state index in [1.54, 1.807) is 24.3 Å². The highest BCUT2D eigenvalue weighted by Gasteiger charge is 2.21. The number of ether oxygens (including phenoxy) is 1. The molecule has 1 aromatic carbocycles. The molecule has 25 heavy (non-hydrogen) atoms. The van der Waals surface area contributed by atoms with Crippen molar-refractivity contribution in [3.63, 3.8) is 0 Å². The van der Waals surface area contributed by atoms with Gasteiger partial charge in [-0.15, -0.1) is 11.8 Å². The van der Waals surface area contributed by atoms with Gasteiger partial charge in [-0.1, -0.05) is 19.1 Å². The molecule has 6 heteroatoms. The number of benzene rings is 1. The van der Waals surface area contributed by atoms with Crippen LogP contribution in [0.25, 0.3) is 0 Å². The summed E-state index contributed by atoms with van der Waals surface area (Å²) in [5.41, 5.74) is 0.382. The average molecular weight is 363 g/mol. The van der Waals surface area contributed by atoms with E-state index >= 15 is 0 Å². The minimum atomic E-state index is -0.543. The van der Waals surface area contributed by atoms with E-state index in [0.717, 1.165) is 31.6 Å². The summed E-state index contributed by atoms with van der Waals surface area (Å²) < 4.78 is 5.15. The van der Waals surface area contributed by atoms with Crippen molar-refractivity contribution in [2.75, 3.05) is 12.4 Å². The van der Waals surface area contributed by atoms with Gasteiger partial charge in [0.15, 0.2) is 6.61 Å². The summed E-state index contributed by atoms with van der Waals surface area (Å²) in [5, 5.41) is 2.93. The van der Waals surface area contributed by atoms with Crippen LogP contribution in [0.3, 0.4) is 0 Å². The first-order valence-corrected chi connectivity index (χ1v) is 9.62. The molecule has 1 aliphatic rings. The van der Waals surface area contributed by atoms with Crippen molar-refractivity contribution < 1.29 is 19.1 Å². The molecule has 1 N–H and O–H groups in total. The van der Waals surface area contributed by atoms with Crippen molar-refractivity contribution in [2.45, 2.75) is 50.5 Å². The monoisotopic (exact) mass is 363 g/mol. The Labute approximate surface area is 152 Å². The molecule has 1 aromatic rings. The van der Waals surface area contributed by atoms with E-state index < -0.39 is 5.97 Å². The lowest BCUT2D eigenvalue weighted by molar-refractivity contribution is -0.125. The van der Waals surface area contributed by atoms with E-state index in [2.05, 4.69) is 12.2 Å². The van der Waals surface area contributed by atoms with Crippen LogP contribution in [0.1, 0.15) is 49.9 Å². The highest BCUT2D eigenvalue weighted by atomic mass is 32.2. The van der Waals surface area contributed by atoms with Crippen LogP contribution in [0.2, 0.25) is 0 Å². The van der Waals surface area contributed by atoms with Crippen LogP contribution >= 0.6 is 11.8 Å². The number of amides is 1. The summed E-state index contributed by atoms with van der Waals surface area (Å²) in [6, 6.07) is 7.13. The molecule has 0 saturated heterocycles. The molecule has 0 heterocycles. The van der Waals surface area contributed by atoms with Gasteiger partial charge >= 0.3 is 5.97 Å². The molecule has 0 unspecified atom stereocenters. The molecule has 5 nitrogen and oxygen atoms in total. The van der Waals surface area contributed by atoms with Crippen LogP contribution in [0.4, 0.5) is 0 Å². The quantitative estimate of drug-likeness (QED) is 0.595. The molecule has 1 fully saturated rings. The third-order valence-corrected chi connectivity index (χ3v) is 5.47. The van der Waals surface area contributed by atoms with Gasteiger partial charge in [-0.05, 0) is 50.7 Å². The maximum absolute atomic E-state index is 12.2. The molecule has 2 rings (SSSR count). The lowest BCUT2D eigenvalue weighted by Gasteiger charge is -2.26. The molecule has 0 spiro atoms. The lowest BCUT2D eigenvalue weighted by atomic mass is 9.87. The third kappa shape index (κ3) is 6.53. The van der Waals surface area contributed by atoms with E-state index in [-0.39, 0.29) is 24.3 Å². The Morgan fingerprint density at radius 2 is 1.84 bits per heavy atom. The molecule has 1 saturated carbocycles. The maximum atomic E-state index is 12.2. The van der Waals surface area contributed by atoms with Gasteiger partial charge in [-0.2, -0.15) is 0 Å². The number of carbonyl (C=O) groups excluding carboxylic acids is 3. The fraction of sp³-hybridized carbons (Fsp3) is 0.526. The van der Waals surface area contributed by atoms with Gasteiger partial charge in [0.05, 0.1) is 11.3 Å². The van der Waals surface area contributed by atoms with Gasteiger partial charge < -0.3 is 10.1 Å². The first-order valence-electron chi connectivity index (χ1n) is 8.63. The Balaban J connectivity index is 1.83. The van der Waals surface area contributed by atoms with Gasteiger partial charge in [0.1, 0.15) is 5.78 Å². The van der Waals surface area contributed by atoms with Crippen LogP contribution in [0.5, 0.6) is 0 Å². The molecule has 0 bridgehead atoms. The molecule has 0 atom stereocenters. The standard InChI is InChI=1S/C19H25NO4S/c1-13-7-9-15(10-8-13)20-18(22)11-24-19(23)16-5-3-4-6-17(16)25-12-14(2)21/h3-6,13,15H,7-12H2,1-2H3,(H,20,22). The fourth-order valence-corrected chi connectivity index (χ4v) is 3.66. The van der Waals surface area contributed by atoms with E-state index in [0.29, 0.717) is 16.2 Å². The Hall–Kier alpha value is -1.82. The summed E-state index contributed by atoms with van der Waals surface area (Å²) in [6.45, 7) is 3.45. The zero-order chi connectivity index (χ0) is 18.2. The van der Waals surface area contributed by atoms with Crippen LogP contribution in [-0.4, -0.2) is 36.1 Å². The lowest BCUT2D eigenvalue weighted by Crippen LogP contribution is -2.39. The Morgan fingerprint density at radius 1 is 1.16 bits per heavy atom. The fourth-order valence-electron chi connectivity index (χ4n) is 2.82.